The molecule has 168 valence electrons. The largest absolute Gasteiger partial charge is 0.490 e. The molecule has 2 aromatic rings. The van der Waals surface area contributed by atoms with Gasteiger partial charge in [0, 0.05) is 19.3 Å². The van der Waals surface area contributed by atoms with Gasteiger partial charge in [-0.05, 0) is 67.6 Å². The molecule has 0 unspecified atom stereocenters. The zero-order chi connectivity index (χ0) is 22.2. The molecule has 2 aromatic carbocycles. The third kappa shape index (κ3) is 5.80. The molecule has 31 heavy (non-hydrogen) atoms. The number of rotatable bonds is 8. The highest BCUT2D eigenvalue weighted by atomic mass is 35.5. The second-order valence-corrected chi connectivity index (χ2v) is 12.9. The van der Waals surface area contributed by atoms with Crippen LogP contribution < -0.4 is 4.74 Å². The van der Waals surface area contributed by atoms with Crippen LogP contribution in [-0.4, -0.2) is 52.9 Å². The maximum Gasteiger partial charge on any atom is 0.180 e. The van der Waals surface area contributed by atoms with Crippen molar-refractivity contribution in [1.29, 1.82) is 0 Å². The van der Waals surface area contributed by atoms with Crippen LogP contribution in [0.15, 0.2) is 52.3 Å². The normalized spacial score (nSPS) is 20.1. The van der Waals surface area contributed by atoms with Crippen molar-refractivity contribution in [1.82, 2.24) is 4.90 Å². The molecule has 9 heteroatoms. The van der Waals surface area contributed by atoms with E-state index in [-0.39, 0.29) is 26.5 Å². The number of benzene rings is 2. The Morgan fingerprint density at radius 3 is 2.39 bits per heavy atom. The minimum absolute atomic E-state index is 0.0274. The van der Waals surface area contributed by atoms with Crippen LogP contribution in [0.3, 0.4) is 0 Å². The number of hydrogen-bond acceptors (Lipinski definition) is 6. The SMILES string of the molecule is CS(=O)(=O)c1ccc(Cl)c(S(=O)(=O)C[C@@H]2CCN(Cc3ccc(OC4CC4)cc3)C2)c1. The van der Waals surface area contributed by atoms with Gasteiger partial charge >= 0.3 is 0 Å². The fraction of sp³-hybridized carbons (Fsp3) is 0.455. The monoisotopic (exact) mass is 483 g/mol. The van der Waals surface area contributed by atoms with Gasteiger partial charge in [-0.25, -0.2) is 16.8 Å². The van der Waals surface area contributed by atoms with Gasteiger partial charge in [0.15, 0.2) is 19.7 Å². The Morgan fingerprint density at radius 1 is 1.03 bits per heavy atom. The third-order valence-corrected chi connectivity index (χ3v) is 9.12. The second-order valence-electron chi connectivity index (χ2n) is 8.50. The summed E-state index contributed by atoms with van der Waals surface area (Å²) in [6.07, 6.45) is 4.45. The Kier molecular flexibility index (Phi) is 6.36. The highest BCUT2D eigenvalue weighted by Crippen LogP contribution is 2.30. The summed E-state index contributed by atoms with van der Waals surface area (Å²) in [4.78, 5) is 2.09. The highest BCUT2D eigenvalue weighted by molar-refractivity contribution is 7.92. The van der Waals surface area contributed by atoms with Crippen molar-refractivity contribution in [3.8, 4) is 5.75 Å². The van der Waals surface area contributed by atoms with Gasteiger partial charge in [-0.3, -0.25) is 4.90 Å². The average molecular weight is 484 g/mol. The van der Waals surface area contributed by atoms with Crippen LogP contribution in [-0.2, 0) is 26.2 Å². The molecule has 0 spiro atoms. The van der Waals surface area contributed by atoms with Crippen LogP contribution in [0.5, 0.6) is 5.75 Å². The molecule has 1 aliphatic heterocycles. The Morgan fingerprint density at radius 2 is 1.74 bits per heavy atom. The summed E-state index contributed by atoms with van der Waals surface area (Å²) in [6, 6.07) is 11.9. The van der Waals surface area contributed by atoms with Gasteiger partial charge in [0.2, 0.25) is 0 Å². The van der Waals surface area contributed by atoms with Gasteiger partial charge in [-0.2, -0.15) is 0 Å². The van der Waals surface area contributed by atoms with E-state index in [9.17, 15) is 16.8 Å². The van der Waals surface area contributed by atoms with Gasteiger partial charge in [0.25, 0.3) is 0 Å². The highest BCUT2D eigenvalue weighted by Gasteiger charge is 2.30. The first-order valence-corrected chi connectivity index (χ1v) is 14.2. The predicted molar refractivity (Wildman–Crippen MR) is 120 cm³/mol. The van der Waals surface area contributed by atoms with Crippen LogP contribution in [0.25, 0.3) is 0 Å². The minimum Gasteiger partial charge on any atom is -0.490 e. The molecule has 0 amide bonds. The molecule has 6 nitrogen and oxygen atoms in total. The quantitative estimate of drug-likeness (QED) is 0.571. The summed E-state index contributed by atoms with van der Waals surface area (Å²) in [7, 11) is -7.22. The molecule has 0 bridgehead atoms. The van der Waals surface area contributed by atoms with E-state index < -0.39 is 19.7 Å². The number of ether oxygens (including phenoxy) is 1. The number of nitrogens with zero attached hydrogens (tertiary/aromatic N) is 1. The standard InChI is InChI=1S/C22H26ClNO5S2/c1-30(25,26)20-8-9-21(23)22(12-20)31(27,28)15-17-10-11-24(14-17)13-16-2-4-18(5-3-16)29-19-6-7-19/h2-5,8-9,12,17,19H,6-7,10-11,13-15H2,1H3/t17-/m1/s1. The lowest BCUT2D eigenvalue weighted by molar-refractivity contribution is 0.302. The molecule has 1 heterocycles. The van der Waals surface area contributed by atoms with Crippen LogP contribution in [0.4, 0.5) is 0 Å². The smallest absolute Gasteiger partial charge is 0.180 e. The fourth-order valence-corrected chi connectivity index (χ4v) is 6.79. The summed E-state index contributed by atoms with van der Waals surface area (Å²) >= 11 is 6.11. The lowest BCUT2D eigenvalue weighted by Crippen LogP contribution is -2.23. The molecule has 4 rings (SSSR count). The van der Waals surface area contributed by atoms with Gasteiger partial charge in [-0.1, -0.05) is 23.7 Å². The number of sulfone groups is 2. The number of hydrogen-bond donors (Lipinski definition) is 0. The zero-order valence-electron chi connectivity index (χ0n) is 17.3. The molecule has 1 saturated heterocycles. The van der Waals surface area contributed by atoms with Crippen LogP contribution in [0, 0.1) is 5.92 Å². The molecule has 0 aromatic heterocycles. The molecule has 2 fully saturated rings. The maximum absolute atomic E-state index is 13.0. The van der Waals surface area contributed by atoms with Crippen LogP contribution in [0.2, 0.25) is 5.02 Å². The Labute approximate surface area is 189 Å². The summed E-state index contributed by atoms with van der Waals surface area (Å²) < 4.78 is 55.3. The van der Waals surface area contributed by atoms with Crippen molar-refractivity contribution < 1.29 is 21.6 Å². The van der Waals surface area contributed by atoms with E-state index in [1.807, 2.05) is 12.1 Å². The second kappa shape index (κ2) is 8.73. The summed E-state index contributed by atoms with van der Waals surface area (Å²) in [6.45, 7) is 2.24. The first-order valence-electron chi connectivity index (χ1n) is 10.3. The van der Waals surface area contributed by atoms with Crippen molar-refractivity contribution in [2.24, 2.45) is 5.92 Å². The van der Waals surface area contributed by atoms with E-state index in [1.54, 1.807) is 0 Å². The number of halogens is 1. The average Bonchev–Trinajstić information content (AvgIpc) is 3.40. The first kappa shape index (κ1) is 22.6. The van der Waals surface area contributed by atoms with Crippen molar-refractivity contribution in [3.63, 3.8) is 0 Å². The topological polar surface area (TPSA) is 80.8 Å². The number of likely N-dealkylation sites (tertiary alicyclic amines) is 1. The zero-order valence-corrected chi connectivity index (χ0v) is 19.7. The minimum atomic E-state index is -3.70. The summed E-state index contributed by atoms with van der Waals surface area (Å²) in [5, 5.41) is 0.0516. The lowest BCUT2D eigenvalue weighted by Gasteiger charge is -2.17. The van der Waals surface area contributed by atoms with E-state index in [0.29, 0.717) is 12.6 Å². The maximum atomic E-state index is 13.0. The predicted octanol–water partition coefficient (Wildman–Crippen LogP) is 3.58. The van der Waals surface area contributed by atoms with Crippen LogP contribution >= 0.6 is 11.6 Å². The first-order chi connectivity index (χ1) is 14.6. The lowest BCUT2D eigenvalue weighted by atomic mass is 10.1. The molecule has 0 N–H and O–H groups in total. The molecule has 1 aliphatic carbocycles. The Bertz CT molecular complexity index is 1160. The molecule has 1 saturated carbocycles. The molecule has 2 aliphatic rings. The Hall–Kier alpha value is -1.61. The molecule has 1 atom stereocenters. The third-order valence-electron chi connectivity index (χ3n) is 5.65. The van der Waals surface area contributed by atoms with Gasteiger partial charge in [0.1, 0.15) is 5.75 Å². The molecule has 0 radical (unpaired) electrons. The van der Waals surface area contributed by atoms with Gasteiger partial charge in [0.05, 0.1) is 26.7 Å². The van der Waals surface area contributed by atoms with Crippen LogP contribution in [0.1, 0.15) is 24.8 Å². The van der Waals surface area contributed by atoms with E-state index in [2.05, 4.69) is 17.0 Å². The Balaban J connectivity index is 1.38. The molecular weight excluding hydrogens is 458 g/mol. The summed E-state index contributed by atoms with van der Waals surface area (Å²) in [5.41, 5.74) is 1.16. The fourth-order valence-electron chi connectivity index (χ4n) is 3.86. The van der Waals surface area contributed by atoms with Crippen molar-refractivity contribution in [3.05, 3.63) is 53.1 Å². The van der Waals surface area contributed by atoms with Crippen molar-refractivity contribution >= 4 is 31.3 Å². The van der Waals surface area contributed by atoms with Gasteiger partial charge < -0.3 is 4.74 Å². The van der Waals surface area contributed by atoms with E-state index in [1.165, 1.54) is 18.2 Å². The van der Waals surface area contributed by atoms with E-state index >= 15 is 0 Å². The van der Waals surface area contributed by atoms with Crippen molar-refractivity contribution in [2.45, 2.75) is 41.7 Å². The van der Waals surface area contributed by atoms with E-state index in [0.717, 1.165) is 49.9 Å². The molecular formula is C22H26ClNO5S2. The van der Waals surface area contributed by atoms with Gasteiger partial charge in [-0.15, -0.1) is 0 Å². The van der Waals surface area contributed by atoms with E-state index in [4.69, 9.17) is 16.3 Å². The summed E-state index contributed by atoms with van der Waals surface area (Å²) in [5.74, 6) is 0.815. The van der Waals surface area contributed by atoms with Crippen molar-refractivity contribution in [2.75, 3.05) is 25.1 Å².